The van der Waals surface area contributed by atoms with Crippen LogP contribution in [0.4, 0.5) is 4.39 Å². The first-order valence-corrected chi connectivity index (χ1v) is 8.62. The van der Waals surface area contributed by atoms with Crippen molar-refractivity contribution in [2.24, 2.45) is 5.92 Å². The Labute approximate surface area is 126 Å². The van der Waals surface area contributed by atoms with Crippen LogP contribution in [-0.2, 0) is 10.0 Å². The lowest BCUT2D eigenvalue weighted by atomic mass is 10.00. The first-order valence-electron chi connectivity index (χ1n) is 7.14. The second-order valence-electron chi connectivity index (χ2n) is 4.99. The molecule has 0 amide bonds. The van der Waals surface area contributed by atoms with E-state index in [1.807, 2.05) is 6.92 Å². The molecule has 1 aromatic carbocycles. The SMILES string of the molecule is CCCCC(CC)CNS(=O)(=O)c1cccc(F)c1C#N. The number of unbranched alkanes of at least 4 members (excludes halogenated alkanes) is 1. The summed E-state index contributed by atoms with van der Waals surface area (Å²) in [5, 5.41) is 8.92. The standard InChI is InChI=1S/C15H21FN2O2S/c1-3-5-7-12(4-2)11-18-21(19,20)15-9-6-8-14(16)13(15)10-17/h6,8-9,12,18H,3-5,7,11H2,1-2H3. The van der Waals surface area contributed by atoms with Gasteiger partial charge in [-0.25, -0.2) is 17.5 Å². The van der Waals surface area contributed by atoms with Crippen molar-refractivity contribution in [3.05, 3.63) is 29.6 Å². The quantitative estimate of drug-likeness (QED) is 0.801. The van der Waals surface area contributed by atoms with Crippen molar-refractivity contribution < 1.29 is 12.8 Å². The van der Waals surface area contributed by atoms with E-state index in [9.17, 15) is 12.8 Å². The molecule has 6 heteroatoms. The normalized spacial score (nSPS) is 12.9. The Morgan fingerprint density at radius 3 is 2.67 bits per heavy atom. The molecule has 0 aliphatic heterocycles. The van der Waals surface area contributed by atoms with Crippen LogP contribution in [-0.4, -0.2) is 15.0 Å². The summed E-state index contributed by atoms with van der Waals surface area (Å²) >= 11 is 0. The predicted molar refractivity (Wildman–Crippen MR) is 79.6 cm³/mol. The molecule has 1 unspecified atom stereocenters. The summed E-state index contributed by atoms with van der Waals surface area (Å²) in [6.45, 7) is 4.40. The van der Waals surface area contributed by atoms with Crippen LogP contribution >= 0.6 is 0 Å². The zero-order valence-electron chi connectivity index (χ0n) is 12.4. The fourth-order valence-electron chi connectivity index (χ4n) is 2.09. The van der Waals surface area contributed by atoms with Crippen LogP contribution < -0.4 is 4.72 Å². The highest BCUT2D eigenvalue weighted by Gasteiger charge is 2.21. The van der Waals surface area contributed by atoms with E-state index in [-0.39, 0.29) is 10.8 Å². The van der Waals surface area contributed by atoms with Gasteiger partial charge >= 0.3 is 0 Å². The van der Waals surface area contributed by atoms with E-state index >= 15 is 0 Å². The van der Waals surface area contributed by atoms with Crippen molar-refractivity contribution in [2.75, 3.05) is 6.54 Å². The van der Waals surface area contributed by atoms with E-state index in [0.717, 1.165) is 31.7 Å². The second kappa shape index (κ2) is 8.11. The molecule has 0 bridgehead atoms. The van der Waals surface area contributed by atoms with Crippen LogP contribution in [0, 0.1) is 23.1 Å². The molecule has 0 saturated carbocycles. The summed E-state index contributed by atoms with van der Waals surface area (Å²) in [6, 6.07) is 5.23. The average Bonchev–Trinajstić information content (AvgIpc) is 2.47. The molecule has 116 valence electrons. The number of hydrogen-bond donors (Lipinski definition) is 1. The van der Waals surface area contributed by atoms with Gasteiger partial charge in [0, 0.05) is 6.54 Å². The van der Waals surface area contributed by atoms with Gasteiger partial charge in [-0.05, 0) is 24.5 Å². The molecule has 4 nitrogen and oxygen atoms in total. The molecule has 0 saturated heterocycles. The maximum absolute atomic E-state index is 13.5. The molecule has 0 fully saturated rings. The number of rotatable bonds is 8. The lowest BCUT2D eigenvalue weighted by molar-refractivity contribution is 0.443. The van der Waals surface area contributed by atoms with Gasteiger partial charge in [0.2, 0.25) is 10.0 Å². The Kier molecular flexibility index (Phi) is 6.79. The topological polar surface area (TPSA) is 70.0 Å². The van der Waals surface area contributed by atoms with Crippen LogP contribution in [0.3, 0.4) is 0 Å². The summed E-state index contributed by atoms with van der Waals surface area (Å²) in [5.41, 5.74) is -0.438. The number of nitrogens with zero attached hydrogens (tertiary/aromatic N) is 1. The van der Waals surface area contributed by atoms with Crippen LogP contribution in [0.25, 0.3) is 0 Å². The number of hydrogen-bond acceptors (Lipinski definition) is 3. The van der Waals surface area contributed by atoms with E-state index in [0.29, 0.717) is 6.54 Å². The van der Waals surface area contributed by atoms with Crippen LogP contribution in [0.5, 0.6) is 0 Å². The molecule has 0 spiro atoms. The molecule has 1 atom stereocenters. The fraction of sp³-hybridized carbons (Fsp3) is 0.533. The van der Waals surface area contributed by atoms with Gasteiger partial charge in [0.1, 0.15) is 22.3 Å². The molecular weight excluding hydrogens is 291 g/mol. The van der Waals surface area contributed by atoms with E-state index in [4.69, 9.17) is 5.26 Å². The van der Waals surface area contributed by atoms with Gasteiger partial charge in [0.05, 0.1) is 0 Å². The van der Waals surface area contributed by atoms with E-state index < -0.39 is 21.4 Å². The lowest BCUT2D eigenvalue weighted by Gasteiger charge is -2.16. The van der Waals surface area contributed by atoms with Gasteiger partial charge in [0.25, 0.3) is 0 Å². The maximum atomic E-state index is 13.5. The molecular formula is C15H21FN2O2S. The Morgan fingerprint density at radius 2 is 2.10 bits per heavy atom. The highest BCUT2D eigenvalue weighted by atomic mass is 32.2. The van der Waals surface area contributed by atoms with Crippen LogP contribution in [0.2, 0.25) is 0 Å². The summed E-state index contributed by atoms with van der Waals surface area (Å²) in [7, 11) is -3.87. The van der Waals surface area contributed by atoms with Crippen molar-refractivity contribution >= 4 is 10.0 Å². The van der Waals surface area contributed by atoms with Gasteiger partial charge < -0.3 is 0 Å². The van der Waals surface area contributed by atoms with Gasteiger partial charge in [-0.3, -0.25) is 0 Å². The van der Waals surface area contributed by atoms with Gasteiger partial charge in [-0.15, -0.1) is 0 Å². The minimum absolute atomic E-state index is 0.249. The summed E-state index contributed by atoms with van der Waals surface area (Å²) < 4.78 is 40.4. The van der Waals surface area contributed by atoms with E-state index in [1.165, 1.54) is 12.1 Å². The van der Waals surface area contributed by atoms with E-state index in [1.54, 1.807) is 6.07 Å². The smallest absolute Gasteiger partial charge is 0.211 e. The lowest BCUT2D eigenvalue weighted by Crippen LogP contribution is -2.30. The van der Waals surface area contributed by atoms with Gasteiger partial charge in [-0.1, -0.05) is 39.2 Å². The minimum Gasteiger partial charge on any atom is -0.211 e. The minimum atomic E-state index is -3.87. The fourth-order valence-corrected chi connectivity index (χ4v) is 3.37. The average molecular weight is 312 g/mol. The molecule has 1 rings (SSSR count). The van der Waals surface area contributed by atoms with Gasteiger partial charge in [-0.2, -0.15) is 5.26 Å². The van der Waals surface area contributed by atoms with Gasteiger partial charge in [0.15, 0.2) is 0 Å². The third kappa shape index (κ3) is 4.80. The maximum Gasteiger partial charge on any atom is 0.242 e. The predicted octanol–water partition coefficient (Wildman–Crippen LogP) is 3.19. The van der Waals surface area contributed by atoms with Crippen LogP contribution in [0.1, 0.15) is 45.1 Å². The third-order valence-electron chi connectivity index (χ3n) is 3.48. The van der Waals surface area contributed by atoms with Crippen LogP contribution in [0.15, 0.2) is 23.1 Å². The molecule has 0 radical (unpaired) electrons. The number of nitrogens with one attached hydrogen (secondary N) is 1. The van der Waals surface area contributed by atoms with Crippen molar-refractivity contribution in [3.63, 3.8) is 0 Å². The highest BCUT2D eigenvalue weighted by Crippen LogP contribution is 2.19. The Balaban J connectivity index is 2.88. The van der Waals surface area contributed by atoms with Crippen molar-refractivity contribution in [1.82, 2.24) is 4.72 Å². The molecule has 0 aliphatic carbocycles. The van der Waals surface area contributed by atoms with Crippen molar-refractivity contribution in [1.29, 1.82) is 5.26 Å². The number of halogens is 1. The van der Waals surface area contributed by atoms with E-state index in [2.05, 4.69) is 11.6 Å². The summed E-state index contributed by atoms with van der Waals surface area (Å²) in [5.74, 6) is -0.572. The first kappa shape index (κ1) is 17.6. The van der Waals surface area contributed by atoms with Crippen molar-refractivity contribution in [3.8, 4) is 6.07 Å². The molecule has 1 aromatic rings. The Hall–Kier alpha value is -1.45. The molecule has 1 N–H and O–H groups in total. The van der Waals surface area contributed by atoms with Crippen molar-refractivity contribution in [2.45, 2.75) is 44.4 Å². The zero-order chi connectivity index (χ0) is 15.9. The number of nitriles is 1. The monoisotopic (exact) mass is 312 g/mol. The molecule has 0 aromatic heterocycles. The molecule has 0 heterocycles. The summed E-state index contributed by atoms with van der Waals surface area (Å²) in [4.78, 5) is -0.296. The number of sulfonamides is 1. The Morgan fingerprint density at radius 1 is 1.38 bits per heavy atom. The summed E-state index contributed by atoms with van der Waals surface area (Å²) in [6.07, 6.45) is 3.93. The first-order chi connectivity index (χ1) is 9.96. The molecule has 0 aliphatic rings. The highest BCUT2D eigenvalue weighted by molar-refractivity contribution is 7.89. The Bertz CT molecular complexity index is 609. The third-order valence-corrected chi connectivity index (χ3v) is 4.95. The molecule has 21 heavy (non-hydrogen) atoms. The zero-order valence-corrected chi connectivity index (χ0v) is 13.2. The largest absolute Gasteiger partial charge is 0.242 e. The second-order valence-corrected chi connectivity index (χ2v) is 6.73. The number of benzene rings is 1.